The van der Waals surface area contributed by atoms with Gasteiger partial charge in [-0.25, -0.2) is 0 Å². The molecule has 0 amide bonds. The number of nitriles is 1. The van der Waals surface area contributed by atoms with Gasteiger partial charge in [0.1, 0.15) is 0 Å². The van der Waals surface area contributed by atoms with Crippen LogP contribution >= 0.6 is 0 Å². The first-order valence-corrected chi connectivity index (χ1v) is 6.40. The lowest BCUT2D eigenvalue weighted by molar-refractivity contribution is 0.121. The highest BCUT2D eigenvalue weighted by Crippen LogP contribution is 2.40. The standard InChI is InChI=1S/C15H19NO/c1-2-10-17-11-9-15(12-16)8-7-13-5-3-4-6-14(13)15/h3-6H,2,7-11H2,1H3. The van der Waals surface area contributed by atoms with E-state index < -0.39 is 0 Å². The quantitative estimate of drug-likeness (QED) is 0.726. The van der Waals surface area contributed by atoms with Crippen LogP contribution in [0.5, 0.6) is 0 Å². The van der Waals surface area contributed by atoms with Gasteiger partial charge in [-0.15, -0.1) is 0 Å². The van der Waals surface area contributed by atoms with Crippen molar-refractivity contribution in [3.8, 4) is 6.07 Å². The molecule has 1 aliphatic carbocycles. The van der Waals surface area contributed by atoms with E-state index in [1.807, 2.05) is 6.07 Å². The number of benzene rings is 1. The Bertz CT molecular complexity index is 421. The Labute approximate surface area is 103 Å². The fourth-order valence-electron chi connectivity index (χ4n) is 2.61. The second-order valence-corrected chi connectivity index (χ2v) is 4.71. The molecule has 0 aromatic heterocycles. The third kappa shape index (κ3) is 2.35. The van der Waals surface area contributed by atoms with Crippen molar-refractivity contribution >= 4 is 0 Å². The maximum atomic E-state index is 9.51. The predicted molar refractivity (Wildman–Crippen MR) is 67.8 cm³/mol. The van der Waals surface area contributed by atoms with Gasteiger partial charge in [0.15, 0.2) is 0 Å². The molecule has 0 N–H and O–H groups in total. The van der Waals surface area contributed by atoms with Crippen molar-refractivity contribution in [2.75, 3.05) is 13.2 Å². The van der Waals surface area contributed by atoms with Gasteiger partial charge in [-0.05, 0) is 36.8 Å². The molecule has 0 aliphatic heterocycles. The van der Waals surface area contributed by atoms with E-state index in [0.29, 0.717) is 6.61 Å². The SMILES string of the molecule is CCCOCCC1(C#N)CCc2ccccc21. The first kappa shape index (κ1) is 12.1. The summed E-state index contributed by atoms with van der Waals surface area (Å²) < 4.78 is 5.54. The number of fused-ring (bicyclic) bond motifs is 1. The summed E-state index contributed by atoms with van der Waals surface area (Å²) in [6.07, 6.45) is 3.83. The Morgan fingerprint density at radius 1 is 1.35 bits per heavy atom. The normalized spacial score (nSPS) is 22.1. The molecule has 90 valence electrons. The monoisotopic (exact) mass is 229 g/mol. The molecule has 1 unspecified atom stereocenters. The molecular formula is C15H19NO. The summed E-state index contributed by atoms with van der Waals surface area (Å²) in [6.45, 7) is 3.59. The van der Waals surface area contributed by atoms with E-state index in [1.165, 1.54) is 11.1 Å². The largest absolute Gasteiger partial charge is 0.381 e. The molecule has 1 aromatic carbocycles. The van der Waals surface area contributed by atoms with E-state index in [9.17, 15) is 5.26 Å². The van der Waals surface area contributed by atoms with Crippen LogP contribution < -0.4 is 0 Å². The summed E-state index contributed by atoms with van der Waals surface area (Å²) in [6, 6.07) is 10.9. The van der Waals surface area contributed by atoms with E-state index in [0.717, 1.165) is 32.3 Å². The second-order valence-electron chi connectivity index (χ2n) is 4.71. The zero-order valence-corrected chi connectivity index (χ0v) is 10.4. The highest BCUT2D eigenvalue weighted by Gasteiger charge is 2.38. The molecule has 1 aliphatic rings. The molecule has 0 spiro atoms. The highest BCUT2D eigenvalue weighted by molar-refractivity contribution is 5.43. The summed E-state index contributed by atoms with van der Waals surface area (Å²) in [7, 11) is 0. The van der Waals surface area contributed by atoms with Crippen LogP contribution in [0.2, 0.25) is 0 Å². The maximum Gasteiger partial charge on any atom is 0.0850 e. The van der Waals surface area contributed by atoms with Crippen LogP contribution in [0.1, 0.15) is 37.3 Å². The molecule has 1 atom stereocenters. The lowest BCUT2D eigenvalue weighted by Crippen LogP contribution is -2.23. The van der Waals surface area contributed by atoms with Gasteiger partial charge in [-0.2, -0.15) is 5.26 Å². The fraction of sp³-hybridized carbons (Fsp3) is 0.533. The molecule has 0 radical (unpaired) electrons. The number of aryl methyl sites for hydroxylation is 1. The molecule has 1 aromatic rings. The van der Waals surface area contributed by atoms with E-state index in [-0.39, 0.29) is 5.41 Å². The van der Waals surface area contributed by atoms with Crippen molar-refractivity contribution in [2.24, 2.45) is 0 Å². The van der Waals surface area contributed by atoms with Crippen molar-refractivity contribution in [2.45, 2.75) is 38.0 Å². The average molecular weight is 229 g/mol. The summed E-state index contributed by atoms with van der Waals surface area (Å²) in [5.74, 6) is 0. The third-order valence-electron chi connectivity index (χ3n) is 3.59. The molecule has 0 heterocycles. The van der Waals surface area contributed by atoms with Gasteiger partial charge in [-0.3, -0.25) is 0 Å². The van der Waals surface area contributed by atoms with Crippen molar-refractivity contribution in [3.63, 3.8) is 0 Å². The van der Waals surface area contributed by atoms with Gasteiger partial charge >= 0.3 is 0 Å². The predicted octanol–water partition coefficient (Wildman–Crippen LogP) is 3.21. The van der Waals surface area contributed by atoms with E-state index in [4.69, 9.17) is 4.74 Å². The fourth-order valence-corrected chi connectivity index (χ4v) is 2.61. The molecule has 0 bridgehead atoms. The van der Waals surface area contributed by atoms with E-state index in [1.54, 1.807) is 0 Å². The molecule has 0 saturated carbocycles. The first-order chi connectivity index (χ1) is 8.32. The lowest BCUT2D eigenvalue weighted by atomic mass is 9.80. The van der Waals surface area contributed by atoms with Gasteiger partial charge in [-0.1, -0.05) is 31.2 Å². The lowest BCUT2D eigenvalue weighted by Gasteiger charge is -2.22. The number of rotatable bonds is 5. The van der Waals surface area contributed by atoms with Gasteiger partial charge in [0.25, 0.3) is 0 Å². The van der Waals surface area contributed by atoms with Crippen molar-refractivity contribution in [1.29, 1.82) is 5.26 Å². The van der Waals surface area contributed by atoms with Crippen LogP contribution in [0.3, 0.4) is 0 Å². The Morgan fingerprint density at radius 2 is 2.18 bits per heavy atom. The van der Waals surface area contributed by atoms with Crippen LogP contribution in [-0.2, 0) is 16.6 Å². The smallest absolute Gasteiger partial charge is 0.0850 e. The molecule has 0 saturated heterocycles. The van der Waals surface area contributed by atoms with E-state index in [2.05, 4.69) is 31.2 Å². The number of ether oxygens (including phenoxy) is 1. The Balaban J connectivity index is 2.09. The van der Waals surface area contributed by atoms with Crippen LogP contribution in [0.15, 0.2) is 24.3 Å². The minimum absolute atomic E-state index is 0.301. The van der Waals surface area contributed by atoms with Crippen molar-refractivity contribution < 1.29 is 4.74 Å². The third-order valence-corrected chi connectivity index (χ3v) is 3.59. The number of nitrogens with zero attached hydrogens (tertiary/aromatic N) is 1. The van der Waals surface area contributed by atoms with Gasteiger partial charge in [0.05, 0.1) is 11.5 Å². The van der Waals surface area contributed by atoms with Crippen LogP contribution in [0.25, 0.3) is 0 Å². The first-order valence-electron chi connectivity index (χ1n) is 6.40. The summed E-state index contributed by atoms with van der Waals surface area (Å²) in [5.41, 5.74) is 2.26. The van der Waals surface area contributed by atoms with E-state index >= 15 is 0 Å². The molecule has 17 heavy (non-hydrogen) atoms. The van der Waals surface area contributed by atoms with Gasteiger partial charge in [0.2, 0.25) is 0 Å². The Morgan fingerprint density at radius 3 is 2.94 bits per heavy atom. The van der Waals surface area contributed by atoms with Crippen LogP contribution in [0.4, 0.5) is 0 Å². The number of hydrogen-bond donors (Lipinski definition) is 0. The van der Waals surface area contributed by atoms with Crippen molar-refractivity contribution in [1.82, 2.24) is 0 Å². The zero-order chi connectivity index (χ0) is 12.1. The summed E-state index contributed by atoms with van der Waals surface area (Å²) in [4.78, 5) is 0. The minimum atomic E-state index is -0.301. The maximum absolute atomic E-state index is 9.51. The van der Waals surface area contributed by atoms with Crippen LogP contribution in [-0.4, -0.2) is 13.2 Å². The van der Waals surface area contributed by atoms with Crippen molar-refractivity contribution in [3.05, 3.63) is 35.4 Å². The molecule has 2 rings (SSSR count). The zero-order valence-electron chi connectivity index (χ0n) is 10.4. The second kappa shape index (κ2) is 5.33. The summed E-state index contributed by atoms with van der Waals surface area (Å²) >= 11 is 0. The minimum Gasteiger partial charge on any atom is -0.381 e. The molecule has 0 fully saturated rings. The summed E-state index contributed by atoms with van der Waals surface area (Å²) in [5, 5.41) is 9.51. The molecule has 2 nitrogen and oxygen atoms in total. The molecule has 2 heteroatoms. The molecular weight excluding hydrogens is 210 g/mol. The van der Waals surface area contributed by atoms with Gasteiger partial charge < -0.3 is 4.74 Å². The Kier molecular flexibility index (Phi) is 3.81. The van der Waals surface area contributed by atoms with Gasteiger partial charge in [0, 0.05) is 13.2 Å². The topological polar surface area (TPSA) is 33.0 Å². The Hall–Kier alpha value is -1.33. The average Bonchev–Trinajstić information content (AvgIpc) is 2.75. The number of hydrogen-bond acceptors (Lipinski definition) is 2. The van der Waals surface area contributed by atoms with Crippen LogP contribution in [0, 0.1) is 11.3 Å². The highest BCUT2D eigenvalue weighted by atomic mass is 16.5.